The second-order valence-corrected chi connectivity index (χ2v) is 7.64. The van der Waals surface area contributed by atoms with Gasteiger partial charge in [-0.1, -0.05) is 24.3 Å². The van der Waals surface area contributed by atoms with Crippen molar-refractivity contribution in [3.05, 3.63) is 57.6 Å². The van der Waals surface area contributed by atoms with Gasteiger partial charge in [0.2, 0.25) is 0 Å². The van der Waals surface area contributed by atoms with Gasteiger partial charge in [-0.05, 0) is 72.2 Å². The molecular formula is C22H24O3. The molecule has 0 radical (unpaired) electrons. The number of fused-ring (bicyclic) bond motifs is 2. The van der Waals surface area contributed by atoms with Crippen LogP contribution in [0.5, 0.6) is 0 Å². The molecule has 0 saturated carbocycles. The Morgan fingerprint density at radius 3 is 1.92 bits per heavy atom. The molecular weight excluding hydrogens is 312 g/mol. The van der Waals surface area contributed by atoms with Crippen LogP contribution in [0.25, 0.3) is 11.1 Å². The number of hydrogen-bond acceptors (Lipinski definition) is 3. The molecule has 0 N–H and O–H groups in total. The number of ether oxygens (including phenoxy) is 3. The monoisotopic (exact) mass is 336 g/mol. The van der Waals surface area contributed by atoms with E-state index in [1.165, 1.54) is 44.5 Å². The maximum absolute atomic E-state index is 5.97. The van der Waals surface area contributed by atoms with Gasteiger partial charge in [-0.15, -0.1) is 0 Å². The largest absolute Gasteiger partial charge is 0.376 e. The fraction of sp³-hybridized carbons (Fsp3) is 0.455. The fourth-order valence-corrected chi connectivity index (χ4v) is 4.43. The van der Waals surface area contributed by atoms with Crippen molar-refractivity contribution in [2.24, 2.45) is 0 Å². The zero-order valence-electron chi connectivity index (χ0n) is 15.3. The van der Waals surface area contributed by atoms with Crippen LogP contribution < -0.4 is 0 Å². The van der Waals surface area contributed by atoms with E-state index < -0.39 is 0 Å². The molecule has 0 amide bonds. The van der Waals surface area contributed by atoms with Crippen molar-refractivity contribution >= 4 is 0 Å². The first kappa shape index (κ1) is 15.6. The van der Waals surface area contributed by atoms with Crippen LogP contribution in [0.15, 0.2) is 24.3 Å². The van der Waals surface area contributed by atoms with Gasteiger partial charge in [0.25, 0.3) is 0 Å². The number of hydrogen-bond donors (Lipinski definition) is 0. The molecule has 130 valence electrons. The molecule has 5 aliphatic heterocycles. The summed E-state index contributed by atoms with van der Waals surface area (Å²) in [5.41, 5.74) is 10.7. The minimum Gasteiger partial charge on any atom is -0.376 e. The minimum atomic E-state index is 0.175. The molecule has 3 nitrogen and oxygen atoms in total. The van der Waals surface area contributed by atoms with E-state index >= 15 is 0 Å². The summed E-state index contributed by atoms with van der Waals surface area (Å²) in [6, 6.07) is 8.88. The molecule has 0 spiro atoms. The van der Waals surface area contributed by atoms with Crippen molar-refractivity contribution in [2.75, 3.05) is 13.2 Å². The van der Waals surface area contributed by atoms with Gasteiger partial charge in [0.1, 0.15) is 24.4 Å². The first-order chi connectivity index (χ1) is 12.1. The lowest BCUT2D eigenvalue weighted by Crippen LogP contribution is -2.09. The first-order valence-electron chi connectivity index (χ1n) is 9.15. The van der Waals surface area contributed by atoms with Gasteiger partial charge in [0.15, 0.2) is 0 Å². The van der Waals surface area contributed by atoms with Crippen LogP contribution >= 0.6 is 0 Å². The molecule has 4 unspecified atom stereocenters. The average Bonchev–Trinajstić information content (AvgIpc) is 3.51. The van der Waals surface area contributed by atoms with E-state index in [9.17, 15) is 0 Å². The van der Waals surface area contributed by atoms with E-state index in [4.69, 9.17) is 14.2 Å². The summed E-state index contributed by atoms with van der Waals surface area (Å²) in [6.45, 7) is 10.2. The van der Waals surface area contributed by atoms with Crippen LogP contribution in [0, 0.1) is 27.7 Å². The summed E-state index contributed by atoms with van der Waals surface area (Å²) in [6.07, 6.45) is 0.725. The molecule has 0 aliphatic carbocycles. The van der Waals surface area contributed by atoms with Gasteiger partial charge in [-0.3, -0.25) is 0 Å². The molecule has 7 rings (SSSR count). The Morgan fingerprint density at radius 2 is 1.28 bits per heavy atom. The van der Waals surface area contributed by atoms with Crippen molar-refractivity contribution in [1.29, 1.82) is 0 Å². The molecule has 4 atom stereocenters. The van der Waals surface area contributed by atoms with Crippen LogP contribution in [0.2, 0.25) is 0 Å². The number of rotatable bonds is 0. The van der Waals surface area contributed by atoms with Crippen LogP contribution in [0.1, 0.15) is 45.6 Å². The van der Waals surface area contributed by atoms with Crippen molar-refractivity contribution in [2.45, 2.75) is 52.1 Å². The Labute approximate surface area is 148 Å². The van der Waals surface area contributed by atoms with E-state index in [2.05, 4.69) is 52.0 Å². The predicted octanol–water partition coefficient (Wildman–Crippen LogP) is 4.50. The summed E-state index contributed by atoms with van der Waals surface area (Å²) >= 11 is 0. The Hall–Kier alpha value is -1.68. The smallest absolute Gasteiger partial charge is 0.112 e. The molecule has 2 fully saturated rings. The van der Waals surface area contributed by atoms with Crippen molar-refractivity contribution in [3.63, 3.8) is 0 Å². The Balaban J connectivity index is 1.68. The summed E-state index contributed by atoms with van der Waals surface area (Å²) in [5.74, 6) is 0. The van der Waals surface area contributed by atoms with Crippen LogP contribution in [0.3, 0.4) is 0 Å². The molecule has 4 bridgehead atoms. The Kier molecular flexibility index (Phi) is 3.37. The first-order valence-corrected chi connectivity index (χ1v) is 9.15. The normalized spacial score (nSPS) is 29.6. The van der Waals surface area contributed by atoms with Gasteiger partial charge in [-0.2, -0.15) is 0 Å². The fourth-order valence-electron chi connectivity index (χ4n) is 4.43. The average molecular weight is 336 g/mol. The lowest BCUT2D eigenvalue weighted by atomic mass is 9.84. The topological polar surface area (TPSA) is 34.3 Å². The quantitative estimate of drug-likeness (QED) is 0.665. The highest BCUT2D eigenvalue weighted by Crippen LogP contribution is 2.47. The summed E-state index contributed by atoms with van der Waals surface area (Å²) in [5, 5.41) is 0. The molecule has 2 aromatic carbocycles. The predicted molar refractivity (Wildman–Crippen MR) is 96.9 cm³/mol. The van der Waals surface area contributed by atoms with Gasteiger partial charge < -0.3 is 14.2 Å². The molecule has 3 heteroatoms. The Morgan fingerprint density at radius 1 is 0.720 bits per heavy atom. The van der Waals surface area contributed by atoms with E-state index in [1.807, 2.05) is 0 Å². The second-order valence-electron chi connectivity index (χ2n) is 7.64. The highest BCUT2D eigenvalue weighted by Gasteiger charge is 2.45. The lowest BCUT2D eigenvalue weighted by molar-refractivity contribution is 0.102. The number of epoxide rings is 2. The second kappa shape index (κ2) is 5.41. The van der Waals surface area contributed by atoms with Gasteiger partial charge >= 0.3 is 0 Å². The SMILES string of the molecule is Cc1c(C)c2c(C)c(C)c1-c1ccc(cc1)C1OC1COCC1OC21. The summed E-state index contributed by atoms with van der Waals surface area (Å²) in [7, 11) is 0. The van der Waals surface area contributed by atoms with E-state index in [1.54, 1.807) is 0 Å². The van der Waals surface area contributed by atoms with E-state index in [0.29, 0.717) is 13.2 Å². The molecule has 5 aliphatic rings. The summed E-state index contributed by atoms with van der Waals surface area (Å²) < 4.78 is 17.6. The summed E-state index contributed by atoms with van der Waals surface area (Å²) in [4.78, 5) is 0. The zero-order chi connectivity index (χ0) is 17.3. The number of benzene rings is 2. The van der Waals surface area contributed by atoms with Crippen LogP contribution in [0.4, 0.5) is 0 Å². The minimum absolute atomic E-state index is 0.175. The molecule has 5 heterocycles. The third kappa shape index (κ3) is 2.37. The third-order valence-corrected chi connectivity index (χ3v) is 6.22. The lowest BCUT2D eigenvalue weighted by Gasteiger charge is -2.20. The zero-order valence-corrected chi connectivity index (χ0v) is 15.3. The van der Waals surface area contributed by atoms with Crippen molar-refractivity contribution < 1.29 is 14.2 Å². The van der Waals surface area contributed by atoms with Crippen LogP contribution in [-0.2, 0) is 14.2 Å². The van der Waals surface area contributed by atoms with Crippen molar-refractivity contribution in [1.82, 2.24) is 0 Å². The Bertz CT molecular complexity index is 824. The molecule has 2 aromatic rings. The standard InChI is InChI=1S/C22H24O3/c1-11-13(3)20-14(4)12(2)19(11)15-5-7-16(8-6-15)21-17(24-21)9-23-10-18-22(20)25-18/h5-8,17-18,21-22H,9-10H2,1-4H3. The molecule has 2 saturated heterocycles. The molecule has 0 aromatic heterocycles. The maximum Gasteiger partial charge on any atom is 0.112 e. The van der Waals surface area contributed by atoms with E-state index in [-0.39, 0.29) is 24.4 Å². The van der Waals surface area contributed by atoms with Gasteiger partial charge in [-0.25, -0.2) is 0 Å². The van der Waals surface area contributed by atoms with Crippen molar-refractivity contribution in [3.8, 4) is 11.1 Å². The molecule has 25 heavy (non-hydrogen) atoms. The van der Waals surface area contributed by atoms with Gasteiger partial charge in [0.05, 0.1) is 13.2 Å². The van der Waals surface area contributed by atoms with Gasteiger partial charge in [0, 0.05) is 0 Å². The third-order valence-electron chi connectivity index (χ3n) is 6.22. The highest BCUT2D eigenvalue weighted by molar-refractivity contribution is 5.75. The highest BCUT2D eigenvalue weighted by atomic mass is 16.6. The van der Waals surface area contributed by atoms with E-state index in [0.717, 1.165) is 0 Å². The van der Waals surface area contributed by atoms with Crippen LogP contribution in [-0.4, -0.2) is 25.4 Å². The maximum atomic E-state index is 5.97.